The smallest absolute Gasteiger partial charge is 0.255 e. The number of rotatable bonds is 5. The summed E-state index contributed by atoms with van der Waals surface area (Å²) >= 11 is 3.19. The van der Waals surface area contributed by atoms with E-state index in [1.54, 1.807) is 17.6 Å². The van der Waals surface area contributed by atoms with E-state index in [1.165, 1.54) is 16.2 Å². The summed E-state index contributed by atoms with van der Waals surface area (Å²) in [7, 11) is 0. The standard InChI is InChI=1S/C15H13NO2S2/c17-15(12-5-8-19-11-12)16(9-13-3-1-6-18-13)10-14-4-2-7-20-14/h1-8,11H,9-10H2. The fraction of sp³-hybridized carbons (Fsp3) is 0.133. The first kappa shape index (κ1) is 13.1. The van der Waals surface area contributed by atoms with Crippen LogP contribution < -0.4 is 0 Å². The number of amides is 1. The Kier molecular flexibility index (Phi) is 3.99. The first-order valence-corrected chi connectivity index (χ1v) is 8.01. The van der Waals surface area contributed by atoms with Gasteiger partial charge in [0.25, 0.3) is 5.91 Å². The van der Waals surface area contributed by atoms with Crippen LogP contribution in [0.2, 0.25) is 0 Å². The Morgan fingerprint density at radius 2 is 2.10 bits per heavy atom. The molecule has 0 unspecified atom stereocenters. The maximum atomic E-state index is 12.6. The highest BCUT2D eigenvalue weighted by atomic mass is 32.1. The van der Waals surface area contributed by atoms with Crippen molar-refractivity contribution >= 4 is 28.6 Å². The summed E-state index contributed by atoms with van der Waals surface area (Å²) < 4.78 is 5.36. The van der Waals surface area contributed by atoms with Gasteiger partial charge in [-0.05, 0) is 35.0 Å². The van der Waals surface area contributed by atoms with Crippen LogP contribution in [0.3, 0.4) is 0 Å². The molecule has 0 aliphatic carbocycles. The van der Waals surface area contributed by atoms with Crippen molar-refractivity contribution in [2.24, 2.45) is 0 Å². The van der Waals surface area contributed by atoms with Gasteiger partial charge in [0.05, 0.1) is 24.9 Å². The van der Waals surface area contributed by atoms with Gasteiger partial charge in [0.15, 0.2) is 0 Å². The Balaban J connectivity index is 1.81. The van der Waals surface area contributed by atoms with Crippen LogP contribution in [0.5, 0.6) is 0 Å². The normalized spacial score (nSPS) is 10.6. The highest BCUT2D eigenvalue weighted by molar-refractivity contribution is 7.09. The largest absolute Gasteiger partial charge is 0.467 e. The van der Waals surface area contributed by atoms with Gasteiger partial charge in [0.1, 0.15) is 5.76 Å². The van der Waals surface area contributed by atoms with Gasteiger partial charge in [0, 0.05) is 10.3 Å². The predicted molar refractivity (Wildman–Crippen MR) is 80.9 cm³/mol. The third kappa shape index (κ3) is 3.00. The molecule has 0 bridgehead atoms. The average molecular weight is 303 g/mol. The third-order valence-corrected chi connectivity index (χ3v) is 4.45. The molecule has 0 atom stereocenters. The zero-order valence-electron chi connectivity index (χ0n) is 10.7. The molecule has 0 N–H and O–H groups in total. The van der Waals surface area contributed by atoms with E-state index in [0.717, 1.165) is 11.3 Å². The number of carbonyl (C=O) groups is 1. The highest BCUT2D eigenvalue weighted by Gasteiger charge is 2.18. The van der Waals surface area contributed by atoms with Gasteiger partial charge in [-0.2, -0.15) is 11.3 Å². The Morgan fingerprint density at radius 1 is 1.15 bits per heavy atom. The SMILES string of the molecule is O=C(c1ccsc1)N(Cc1ccco1)Cc1cccs1. The summed E-state index contributed by atoms with van der Waals surface area (Å²) in [5, 5.41) is 5.82. The molecule has 20 heavy (non-hydrogen) atoms. The van der Waals surface area contributed by atoms with Crippen molar-refractivity contribution < 1.29 is 9.21 Å². The zero-order chi connectivity index (χ0) is 13.8. The zero-order valence-corrected chi connectivity index (χ0v) is 12.3. The molecule has 0 fully saturated rings. The Bertz CT molecular complexity index is 606. The lowest BCUT2D eigenvalue weighted by Crippen LogP contribution is -2.29. The summed E-state index contributed by atoms with van der Waals surface area (Å²) in [6, 6.07) is 9.63. The van der Waals surface area contributed by atoms with Crippen LogP contribution in [0.25, 0.3) is 0 Å². The molecule has 5 heteroatoms. The van der Waals surface area contributed by atoms with Crippen LogP contribution in [0.4, 0.5) is 0 Å². The van der Waals surface area contributed by atoms with E-state index in [2.05, 4.69) is 0 Å². The minimum atomic E-state index is 0.0380. The van der Waals surface area contributed by atoms with Crippen molar-refractivity contribution in [1.29, 1.82) is 0 Å². The molecule has 3 rings (SSSR count). The fourth-order valence-electron chi connectivity index (χ4n) is 1.95. The van der Waals surface area contributed by atoms with E-state index >= 15 is 0 Å². The maximum absolute atomic E-state index is 12.6. The molecule has 0 aliphatic heterocycles. The van der Waals surface area contributed by atoms with Crippen molar-refractivity contribution in [3.8, 4) is 0 Å². The second kappa shape index (κ2) is 6.07. The fourth-order valence-corrected chi connectivity index (χ4v) is 3.30. The quantitative estimate of drug-likeness (QED) is 0.706. The number of hydrogen-bond acceptors (Lipinski definition) is 4. The van der Waals surface area contributed by atoms with Gasteiger partial charge in [-0.1, -0.05) is 6.07 Å². The molecule has 3 aromatic rings. The summed E-state index contributed by atoms with van der Waals surface area (Å²) in [5.41, 5.74) is 0.734. The lowest BCUT2D eigenvalue weighted by atomic mass is 10.2. The van der Waals surface area contributed by atoms with E-state index in [1.807, 2.05) is 51.4 Å². The molecule has 1 amide bonds. The number of furan rings is 1. The first-order chi connectivity index (χ1) is 9.83. The summed E-state index contributed by atoms with van der Waals surface area (Å²) in [6.45, 7) is 1.09. The van der Waals surface area contributed by atoms with Crippen molar-refractivity contribution in [2.45, 2.75) is 13.1 Å². The van der Waals surface area contributed by atoms with E-state index in [9.17, 15) is 4.79 Å². The minimum absolute atomic E-state index is 0.0380. The van der Waals surface area contributed by atoms with E-state index < -0.39 is 0 Å². The number of carbonyl (C=O) groups excluding carboxylic acids is 1. The Morgan fingerprint density at radius 3 is 2.75 bits per heavy atom. The highest BCUT2D eigenvalue weighted by Crippen LogP contribution is 2.18. The number of thiophene rings is 2. The molecule has 0 aliphatic rings. The van der Waals surface area contributed by atoms with E-state index in [4.69, 9.17) is 4.42 Å². The van der Waals surface area contributed by atoms with Crippen LogP contribution >= 0.6 is 22.7 Å². The second-order valence-electron chi connectivity index (χ2n) is 4.33. The number of hydrogen-bond donors (Lipinski definition) is 0. The Hall–Kier alpha value is -1.85. The summed E-state index contributed by atoms with van der Waals surface area (Å²) in [4.78, 5) is 15.5. The van der Waals surface area contributed by atoms with Crippen LogP contribution in [0, 0.1) is 0 Å². The number of nitrogens with zero attached hydrogens (tertiary/aromatic N) is 1. The van der Waals surface area contributed by atoms with Gasteiger partial charge in [0.2, 0.25) is 0 Å². The molecule has 3 aromatic heterocycles. The third-order valence-electron chi connectivity index (χ3n) is 2.91. The van der Waals surface area contributed by atoms with Gasteiger partial charge < -0.3 is 9.32 Å². The molecule has 3 nitrogen and oxygen atoms in total. The van der Waals surface area contributed by atoms with Crippen LogP contribution in [-0.4, -0.2) is 10.8 Å². The van der Waals surface area contributed by atoms with Crippen LogP contribution in [0.1, 0.15) is 21.0 Å². The van der Waals surface area contributed by atoms with Crippen LogP contribution in [0.15, 0.2) is 57.2 Å². The van der Waals surface area contributed by atoms with Gasteiger partial charge in [-0.15, -0.1) is 11.3 Å². The summed E-state index contributed by atoms with van der Waals surface area (Å²) in [6.07, 6.45) is 1.63. The lowest BCUT2D eigenvalue weighted by molar-refractivity contribution is 0.0720. The van der Waals surface area contributed by atoms with Gasteiger partial charge >= 0.3 is 0 Å². The monoisotopic (exact) mass is 303 g/mol. The molecule has 0 radical (unpaired) electrons. The van der Waals surface area contributed by atoms with Crippen molar-refractivity contribution in [2.75, 3.05) is 0 Å². The first-order valence-electron chi connectivity index (χ1n) is 6.19. The van der Waals surface area contributed by atoms with E-state index in [-0.39, 0.29) is 5.91 Å². The molecule has 0 aromatic carbocycles. The van der Waals surface area contributed by atoms with Crippen molar-refractivity contribution in [3.05, 3.63) is 68.9 Å². The summed E-state index contributed by atoms with van der Waals surface area (Å²) in [5.74, 6) is 0.834. The molecule has 0 saturated heterocycles. The topological polar surface area (TPSA) is 33.5 Å². The maximum Gasteiger partial charge on any atom is 0.255 e. The molecular weight excluding hydrogens is 290 g/mol. The van der Waals surface area contributed by atoms with E-state index in [0.29, 0.717) is 13.1 Å². The minimum Gasteiger partial charge on any atom is -0.467 e. The molecular formula is C15H13NO2S2. The van der Waals surface area contributed by atoms with Gasteiger partial charge in [-0.3, -0.25) is 4.79 Å². The average Bonchev–Trinajstić information content (AvgIpc) is 3.20. The second-order valence-corrected chi connectivity index (χ2v) is 6.14. The molecule has 0 saturated carbocycles. The van der Waals surface area contributed by atoms with Crippen molar-refractivity contribution in [1.82, 2.24) is 4.90 Å². The lowest BCUT2D eigenvalue weighted by Gasteiger charge is -2.20. The molecule has 0 spiro atoms. The van der Waals surface area contributed by atoms with Gasteiger partial charge in [-0.25, -0.2) is 0 Å². The molecule has 3 heterocycles. The molecule has 102 valence electrons. The van der Waals surface area contributed by atoms with Crippen molar-refractivity contribution in [3.63, 3.8) is 0 Å². The van der Waals surface area contributed by atoms with Crippen LogP contribution in [-0.2, 0) is 13.1 Å². The Labute approximate surface area is 125 Å². The predicted octanol–water partition coefficient (Wildman–Crippen LogP) is 4.25.